The van der Waals surface area contributed by atoms with E-state index in [0.717, 1.165) is 10.3 Å². The lowest BCUT2D eigenvalue weighted by atomic mass is 10.2. The van der Waals surface area contributed by atoms with Gasteiger partial charge in [0, 0.05) is 29.5 Å². The molecule has 0 radical (unpaired) electrons. The van der Waals surface area contributed by atoms with E-state index < -0.39 is 17.8 Å². The molecule has 4 rings (SSSR count). The average Bonchev–Trinajstić information content (AvgIpc) is 3.17. The SMILES string of the molecule is Cc1nc2c(OCc3c(Cl)ccc(N(C)C(=O)CNC(=O)Nc4ccc(F)cc4)c3Cl)cccn2c1Br.Cl. The van der Waals surface area contributed by atoms with Crippen LogP contribution in [0.2, 0.25) is 10.0 Å². The summed E-state index contributed by atoms with van der Waals surface area (Å²) >= 11 is 16.5. The quantitative estimate of drug-likeness (QED) is 0.236. The Labute approximate surface area is 242 Å². The van der Waals surface area contributed by atoms with E-state index in [1.54, 1.807) is 18.2 Å². The molecule has 3 amide bonds. The minimum absolute atomic E-state index is 0. The van der Waals surface area contributed by atoms with E-state index in [2.05, 4.69) is 31.5 Å². The lowest BCUT2D eigenvalue weighted by molar-refractivity contribution is -0.117. The Morgan fingerprint density at radius 3 is 2.58 bits per heavy atom. The third-order valence-corrected chi connectivity index (χ3v) is 7.22. The summed E-state index contributed by atoms with van der Waals surface area (Å²) in [5.74, 6) is -0.309. The van der Waals surface area contributed by atoms with Crippen molar-refractivity contribution in [3.05, 3.63) is 86.5 Å². The summed E-state index contributed by atoms with van der Waals surface area (Å²) in [4.78, 5) is 30.7. The Kier molecular flexibility index (Phi) is 9.83. The van der Waals surface area contributed by atoms with Crippen LogP contribution in [0.15, 0.2) is 59.3 Å². The van der Waals surface area contributed by atoms with Crippen molar-refractivity contribution in [3.63, 3.8) is 0 Å². The second kappa shape index (κ2) is 12.7. The molecule has 4 aromatic rings. The van der Waals surface area contributed by atoms with Gasteiger partial charge in [-0.05, 0) is 71.4 Å². The first-order chi connectivity index (χ1) is 17.7. The number of hydrogen-bond acceptors (Lipinski definition) is 4. The zero-order valence-corrected chi connectivity index (χ0v) is 24.0. The number of ether oxygens (including phenoxy) is 1. The Morgan fingerprint density at radius 1 is 1.16 bits per heavy atom. The minimum atomic E-state index is -0.611. The van der Waals surface area contributed by atoms with Crippen LogP contribution < -0.4 is 20.3 Å². The molecule has 2 aromatic heterocycles. The summed E-state index contributed by atoms with van der Waals surface area (Å²) in [7, 11) is 1.53. The van der Waals surface area contributed by atoms with Crippen LogP contribution in [0.1, 0.15) is 11.3 Å². The molecule has 0 atom stereocenters. The standard InChI is InChI=1S/C25H21BrCl2FN5O3.ClH/c1-14-23(26)34-11-3-4-20(24(34)31-14)37-13-17-18(27)9-10-19(22(17)28)33(2)21(35)12-30-25(36)32-16-7-5-15(29)6-8-16;/h3-11H,12-13H2,1-2H3,(H2,30,32,36);1H. The molecule has 0 saturated heterocycles. The smallest absolute Gasteiger partial charge is 0.319 e. The predicted molar refractivity (Wildman–Crippen MR) is 153 cm³/mol. The number of hydrogen-bond donors (Lipinski definition) is 2. The van der Waals surface area contributed by atoms with Crippen molar-refractivity contribution in [3.8, 4) is 5.75 Å². The summed E-state index contributed by atoms with van der Waals surface area (Å²) < 4.78 is 21.7. The van der Waals surface area contributed by atoms with Crippen LogP contribution in [0, 0.1) is 12.7 Å². The molecule has 0 aliphatic heterocycles. The highest BCUT2D eigenvalue weighted by Crippen LogP contribution is 2.35. The number of anilines is 2. The highest BCUT2D eigenvalue weighted by molar-refractivity contribution is 9.10. The van der Waals surface area contributed by atoms with E-state index in [1.165, 1.54) is 36.2 Å². The summed E-state index contributed by atoms with van der Waals surface area (Å²) in [6, 6.07) is 11.5. The van der Waals surface area contributed by atoms with Crippen LogP contribution in [0.5, 0.6) is 5.75 Å². The number of imidazole rings is 1. The highest BCUT2D eigenvalue weighted by Gasteiger charge is 2.20. The largest absolute Gasteiger partial charge is 0.485 e. The summed E-state index contributed by atoms with van der Waals surface area (Å²) in [6.07, 6.45) is 1.86. The number of rotatable bonds is 7. The molecule has 0 aliphatic carbocycles. The number of likely N-dealkylation sites (N-methyl/N-ethyl adjacent to an activating group) is 1. The van der Waals surface area contributed by atoms with Crippen molar-refractivity contribution in [2.75, 3.05) is 23.8 Å². The zero-order chi connectivity index (χ0) is 26.7. The van der Waals surface area contributed by atoms with Gasteiger partial charge in [0.25, 0.3) is 0 Å². The second-order valence-corrected chi connectivity index (χ2v) is 9.51. The van der Waals surface area contributed by atoms with E-state index in [1.807, 2.05) is 23.6 Å². The topological polar surface area (TPSA) is 88.0 Å². The molecular formula is C25H22BrCl3FN5O3. The normalized spacial score (nSPS) is 10.6. The van der Waals surface area contributed by atoms with Crippen LogP contribution in [0.25, 0.3) is 5.65 Å². The van der Waals surface area contributed by atoms with E-state index in [9.17, 15) is 14.0 Å². The number of nitrogens with zero attached hydrogens (tertiary/aromatic N) is 3. The molecule has 200 valence electrons. The number of carbonyl (C=O) groups excluding carboxylic acids is 2. The maximum atomic E-state index is 13.0. The molecule has 0 bridgehead atoms. The summed E-state index contributed by atoms with van der Waals surface area (Å²) in [6.45, 7) is 1.62. The van der Waals surface area contributed by atoms with Crippen LogP contribution in [-0.4, -0.2) is 34.9 Å². The molecule has 13 heteroatoms. The Bertz CT molecular complexity index is 1480. The Balaban J connectivity index is 0.00000400. The molecular weight excluding hydrogens is 624 g/mol. The molecule has 2 heterocycles. The van der Waals surface area contributed by atoms with Crippen LogP contribution >= 0.6 is 51.5 Å². The first kappa shape index (κ1) is 29.5. The monoisotopic (exact) mass is 643 g/mol. The molecule has 0 unspecified atom stereocenters. The number of halogens is 5. The van der Waals surface area contributed by atoms with Crippen molar-refractivity contribution >= 4 is 80.5 Å². The van der Waals surface area contributed by atoms with E-state index >= 15 is 0 Å². The lowest BCUT2D eigenvalue weighted by Crippen LogP contribution is -2.40. The summed E-state index contributed by atoms with van der Waals surface area (Å²) in [5.41, 5.74) is 2.72. The number of aryl methyl sites for hydroxylation is 1. The highest BCUT2D eigenvalue weighted by atomic mass is 79.9. The zero-order valence-electron chi connectivity index (χ0n) is 20.1. The van der Waals surface area contributed by atoms with Crippen molar-refractivity contribution in [1.29, 1.82) is 0 Å². The van der Waals surface area contributed by atoms with Crippen LogP contribution in [0.4, 0.5) is 20.6 Å². The van der Waals surface area contributed by atoms with Crippen LogP contribution in [0.3, 0.4) is 0 Å². The predicted octanol–water partition coefficient (Wildman–Crippen LogP) is 6.64. The van der Waals surface area contributed by atoms with Gasteiger partial charge in [-0.3, -0.25) is 9.20 Å². The molecule has 0 fully saturated rings. The van der Waals surface area contributed by atoms with Gasteiger partial charge in [0.1, 0.15) is 17.0 Å². The number of nitrogens with one attached hydrogen (secondary N) is 2. The van der Waals surface area contributed by atoms with Gasteiger partial charge < -0.3 is 20.3 Å². The van der Waals surface area contributed by atoms with Crippen molar-refractivity contribution in [1.82, 2.24) is 14.7 Å². The number of pyridine rings is 1. The molecule has 0 spiro atoms. The van der Waals surface area contributed by atoms with Crippen LogP contribution in [-0.2, 0) is 11.4 Å². The van der Waals surface area contributed by atoms with Crippen molar-refractivity contribution in [2.45, 2.75) is 13.5 Å². The van der Waals surface area contributed by atoms with Gasteiger partial charge in [-0.1, -0.05) is 23.2 Å². The molecule has 38 heavy (non-hydrogen) atoms. The molecule has 2 aromatic carbocycles. The first-order valence-electron chi connectivity index (χ1n) is 11.0. The number of benzene rings is 2. The van der Waals surface area contributed by atoms with Gasteiger partial charge >= 0.3 is 6.03 Å². The number of amides is 3. The van der Waals surface area contributed by atoms with Gasteiger partial charge in [0.2, 0.25) is 5.91 Å². The van der Waals surface area contributed by atoms with Gasteiger partial charge in [-0.15, -0.1) is 12.4 Å². The molecule has 0 saturated carbocycles. The van der Waals surface area contributed by atoms with E-state index in [0.29, 0.717) is 33.4 Å². The Hall–Kier alpha value is -3.05. The van der Waals surface area contributed by atoms with Gasteiger partial charge in [-0.25, -0.2) is 14.2 Å². The number of fused-ring (bicyclic) bond motifs is 1. The van der Waals surface area contributed by atoms with Crippen molar-refractivity contribution < 1.29 is 18.7 Å². The van der Waals surface area contributed by atoms with E-state index in [-0.39, 0.29) is 30.6 Å². The van der Waals surface area contributed by atoms with Gasteiger partial charge in [-0.2, -0.15) is 0 Å². The fourth-order valence-corrected chi connectivity index (χ4v) is 4.46. The maximum Gasteiger partial charge on any atom is 0.319 e. The number of carbonyl (C=O) groups is 2. The average molecular weight is 646 g/mol. The lowest BCUT2D eigenvalue weighted by Gasteiger charge is -2.21. The molecule has 2 N–H and O–H groups in total. The molecule has 8 nitrogen and oxygen atoms in total. The fraction of sp³-hybridized carbons (Fsp3) is 0.160. The maximum absolute atomic E-state index is 13.0. The number of urea groups is 1. The van der Waals surface area contributed by atoms with Gasteiger partial charge in [0.05, 0.1) is 22.9 Å². The minimum Gasteiger partial charge on any atom is -0.485 e. The first-order valence-corrected chi connectivity index (χ1v) is 12.5. The summed E-state index contributed by atoms with van der Waals surface area (Å²) in [5, 5.41) is 5.61. The molecule has 0 aliphatic rings. The second-order valence-electron chi connectivity index (χ2n) is 7.97. The number of aromatic nitrogens is 2. The fourth-order valence-electron chi connectivity index (χ4n) is 3.48. The third-order valence-electron chi connectivity index (χ3n) is 5.49. The van der Waals surface area contributed by atoms with Gasteiger partial charge in [0.15, 0.2) is 11.4 Å². The Morgan fingerprint density at radius 2 is 1.87 bits per heavy atom. The van der Waals surface area contributed by atoms with E-state index in [4.69, 9.17) is 27.9 Å². The third kappa shape index (κ3) is 6.50. The van der Waals surface area contributed by atoms with Crippen molar-refractivity contribution in [2.24, 2.45) is 0 Å².